The fraction of sp³-hybridized carbons (Fsp3) is 0.615. The van der Waals surface area contributed by atoms with Crippen molar-refractivity contribution in [1.82, 2.24) is 4.98 Å². The molecular formula is C13H17NO3S. The largest absolute Gasteiger partial charge is 0.389 e. The highest BCUT2D eigenvalue weighted by Crippen LogP contribution is 2.44. The Morgan fingerprint density at radius 2 is 2.00 bits per heavy atom. The summed E-state index contributed by atoms with van der Waals surface area (Å²) >= 11 is 0. The van der Waals surface area contributed by atoms with Crippen molar-refractivity contribution in [2.75, 3.05) is 0 Å². The van der Waals surface area contributed by atoms with Gasteiger partial charge in [0.05, 0.1) is 16.1 Å². The normalized spacial score (nSPS) is 37.6. The van der Waals surface area contributed by atoms with Crippen LogP contribution in [0.4, 0.5) is 0 Å². The minimum Gasteiger partial charge on any atom is -0.389 e. The molecule has 0 spiro atoms. The van der Waals surface area contributed by atoms with Gasteiger partial charge >= 0.3 is 0 Å². The van der Waals surface area contributed by atoms with Crippen molar-refractivity contribution in [3.8, 4) is 0 Å². The van der Waals surface area contributed by atoms with Gasteiger partial charge in [-0.3, -0.25) is 4.98 Å². The number of nitrogens with zero attached hydrogens (tertiary/aromatic N) is 1. The number of hydrogen-bond acceptors (Lipinski definition) is 4. The van der Waals surface area contributed by atoms with Gasteiger partial charge in [0.1, 0.15) is 0 Å². The highest BCUT2D eigenvalue weighted by Gasteiger charge is 2.52. The van der Waals surface area contributed by atoms with E-state index in [0.29, 0.717) is 32.1 Å². The van der Waals surface area contributed by atoms with Crippen LogP contribution in [0.15, 0.2) is 24.5 Å². The topological polar surface area (TPSA) is 67.3 Å². The minimum absolute atomic E-state index is 0.335. The zero-order valence-corrected chi connectivity index (χ0v) is 10.9. The van der Waals surface area contributed by atoms with E-state index in [4.69, 9.17) is 0 Å². The third kappa shape index (κ3) is 1.95. The first-order valence-corrected chi connectivity index (χ1v) is 7.95. The second kappa shape index (κ2) is 4.03. The highest BCUT2D eigenvalue weighted by molar-refractivity contribution is 7.93. The van der Waals surface area contributed by atoms with Crippen LogP contribution < -0.4 is 0 Å². The van der Waals surface area contributed by atoms with Crippen molar-refractivity contribution < 1.29 is 13.5 Å². The molecule has 0 aromatic carbocycles. The Labute approximate surface area is 107 Å². The number of fused-ring (bicyclic) bond motifs is 2. The number of aliphatic hydroxyl groups is 1. The standard InChI is InChI=1S/C13H17NO3S/c15-13(6-10-2-1-5-14-9-10)7-11-3-4-12(8-13)18(11,16)17/h1-2,5,9,11-12,15H,3-4,6-8H2. The summed E-state index contributed by atoms with van der Waals surface area (Å²) < 4.78 is 24.0. The summed E-state index contributed by atoms with van der Waals surface area (Å²) in [5.41, 5.74) is 0.0962. The van der Waals surface area contributed by atoms with Crippen molar-refractivity contribution >= 4 is 9.84 Å². The van der Waals surface area contributed by atoms with E-state index in [1.807, 2.05) is 12.1 Å². The smallest absolute Gasteiger partial charge is 0.156 e. The fourth-order valence-corrected chi connectivity index (χ4v) is 5.93. The van der Waals surface area contributed by atoms with Gasteiger partial charge in [0, 0.05) is 18.8 Å². The molecule has 1 aromatic rings. The maximum absolute atomic E-state index is 12.0. The zero-order valence-electron chi connectivity index (χ0n) is 10.1. The Morgan fingerprint density at radius 1 is 1.33 bits per heavy atom. The minimum atomic E-state index is -2.97. The molecule has 1 aromatic heterocycles. The van der Waals surface area contributed by atoms with Crippen LogP contribution in [-0.2, 0) is 16.3 Å². The molecule has 2 atom stereocenters. The Hall–Kier alpha value is -0.940. The number of rotatable bonds is 2. The van der Waals surface area contributed by atoms with E-state index in [-0.39, 0.29) is 10.5 Å². The van der Waals surface area contributed by atoms with Gasteiger partial charge in [0.15, 0.2) is 9.84 Å². The van der Waals surface area contributed by atoms with E-state index in [1.165, 1.54) is 0 Å². The van der Waals surface area contributed by atoms with Crippen LogP contribution in [0.1, 0.15) is 31.2 Å². The molecule has 0 amide bonds. The van der Waals surface area contributed by atoms with Gasteiger partial charge in [-0.05, 0) is 37.3 Å². The van der Waals surface area contributed by atoms with Gasteiger partial charge in [-0.15, -0.1) is 0 Å². The summed E-state index contributed by atoms with van der Waals surface area (Å²) in [7, 11) is -2.97. The Bertz CT molecular complexity index is 521. The molecule has 98 valence electrons. The summed E-state index contributed by atoms with van der Waals surface area (Å²) in [6, 6.07) is 3.77. The molecule has 2 bridgehead atoms. The predicted octanol–water partition coefficient (Wildman–Crippen LogP) is 1.09. The summed E-state index contributed by atoms with van der Waals surface area (Å²) in [5.74, 6) is 0. The van der Waals surface area contributed by atoms with Crippen molar-refractivity contribution in [2.45, 2.75) is 48.2 Å². The molecule has 2 fully saturated rings. The van der Waals surface area contributed by atoms with Crippen LogP contribution in [0.3, 0.4) is 0 Å². The monoisotopic (exact) mass is 267 g/mol. The Kier molecular flexibility index (Phi) is 2.71. The SMILES string of the molecule is O=S1(=O)C2CCC1CC(O)(Cc1cccnc1)C2. The van der Waals surface area contributed by atoms with Gasteiger partial charge in [-0.1, -0.05) is 6.07 Å². The summed E-state index contributed by atoms with van der Waals surface area (Å²) in [6.07, 6.45) is 6.11. The molecule has 3 rings (SSSR count). The van der Waals surface area contributed by atoms with Crippen molar-refractivity contribution in [3.05, 3.63) is 30.1 Å². The maximum atomic E-state index is 12.0. The average Bonchev–Trinajstić information content (AvgIpc) is 2.51. The molecule has 0 radical (unpaired) electrons. The number of pyridine rings is 1. The molecule has 4 nitrogen and oxygen atoms in total. The fourth-order valence-electron chi connectivity index (χ4n) is 3.37. The van der Waals surface area contributed by atoms with E-state index >= 15 is 0 Å². The predicted molar refractivity (Wildman–Crippen MR) is 67.9 cm³/mol. The van der Waals surface area contributed by atoms with Crippen molar-refractivity contribution in [3.63, 3.8) is 0 Å². The second-order valence-electron chi connectivity index (χ2n) is 5.58. The third-order valence-electron chi connectivity index (χ3n) is 4.21. The Morgan fingerprint density at radius 3 is 2.56 bits per heavy atom. The number of sulfone groups is 1. The lowest BCUT2D eigenvalue weighted by molar-refractivity contribution is 0.0218. The lowest BCUT2D eigenvalue weighted by atomic mass is 9.87. The maximum Gasteiger partial charge on any atom is 0.156 e. The molecular weight excluding hydrogens is 250 g/mol. The van der Waals surface area contributed by atoms with Crippen LogP contribution >= 0.6 is 0 Å². The molecule has 1 N–H and O–H groups in total. The molecule has 18 heavy (non-hydrogen) atoms. The van der Waals surface area contributed by atoms with Gasteiger partial charge in [-0.25, -0.2) is 8.42 Å². The Balaban J connectivity index is 1.82. The van der Waals surface area contributed by atoms with Crippen LogP contribution in [0.2, 0.25) is 0 Å². The van der Waals surface area contributed by atoms with E-state index in [9.17, 15) is 13.5 Å². The van der Waals surface area contributed by atoms with Crippen LogP contribution in [0.5, 0.6) is 0 Å². The lowest BCUT2D eigenvalue weighted by Crippen LogP contribution is -2.46. The van der Waals surface area contributed by atoms with E-state index < -0.39 is 15.4 Å². The average molecular weight is 267 g/mol. The zero-order chi connectivity index (χ0) is 12.8. The van der Waals surface area contributed by atoms with Crippen LogP contribution in [-0.4, -0.2) is 34.6 Å². The quantitative estimate of drug-likeness (QED) is 0.871. The van der Waals surface area contributed by atoms with Gasteiger partial charge in [0.2, 0.25) is 0 Å². The van der Waals surface area contributed by atoms with Gasteiger partial charge in [0.25, 0.3) is 0 Å². The first kappa shape index (κ1) is 12.1. The van der Waals surface area contributed by atoms with E-state index in [2.05, 4.69) is 4.98 Å². The molecule has 2 saturated heterocycles. The van der Waals surface area contributed by atoms with Gasteiger partial charge in [-0.2, -0.15) is 0 Å². The van der Waals surface area contributed by atoms with Crippen molar-refractivity contribution in [2.24, 2.45) is 0 Å². The highest BCUT2D eigenvalue weighted by atomic mass is 32.2. The first-order valence-electron chi connectivity index (χ1n) is 6.34. The second-order valence-corrected chi connectivity index (χ2v) is 8.09. The molecule has 5 heteroatoms. The molecule has 0 saturated carbocycles. The number of aromatic nitrogens is 1. The molecule has 3 heterocycles. The summed E-state index contributed by atoms with van der Waals surface area (Å²) in [4.78, 5) is 4.03. The molecule has 2 unspecified atom stereocenters. The van der Waals surface area contributed by atoms with Crippen molar-refractivity contribution in [1.29, 1.82) is 0 Å². The lowest BCUT2D eigenvalue weighted by Gasteiger charge is -2.36. The third-order valence-corrected chi connectivity index (χ3v) is 6.87. The summed E-state index contributed by atoms with van der Waals surface area (Å²) in [5, 5.41) is 9.98. The first-order chi connectivity index (χ1) is 8.50. The molecule has 0 aliphatic carbocycles. The van der Waals surface area contributed by atoms with E-state index in [1.54, 1.807) is 12.4 Å². The van der Waals surface area contributed by atoms with E-state index in [0.717, 1.165) is 5.56 Å². The molecule has 2 aliphatic rings. The van der Waals surface area contributed by atoms with Crippen LogP contribution in [0.25, 0.3) is 0 Å². The van der Waals surface area contributed by atoms with Gasteiger partial charge < -0.3 is 5.11 Å². The summed E-state index contributed by atoms with van der Waals surface area (Å²) in [6.45, 7) is 0. The number of hydrogen-bond donors (Lipinski definition) is 1. The van der Waals surface area contributed by atoms with Crippen LogP contribution in [0, 0.1) is 0 Å². The molecule has 2 aliphatic heterocycles.